The highest BCUT2D eigenvalue weighted by molar-refractivity contribution is 6.39. The van der Waals surface area contributed by atoms with Crippen molar-refractivity contribution in [2.75, 3.05) is 0 Å². The van der Waals surface area contributed by atoms with Gasteiger partial charge in [-0.15, -0.1) is 0 Å². The molecule has 1 N–H and O–H groups in total. The van der Waals surface area contributed by atoms with E-state index in [0.717, 1.165) is 27.6 Å². The van der Waals surface area contributed by atoms with Crippen LogP contribution in [0.2, 0.25) is 10.0 Å². The van der Waals surface area contributed by atoms with Crippen molar-refractivity contribution in [2.24, 2.45) is 0 Å². The van der Waals surface area contributed by atoms with Crippen molar-refractivity contribution in [1.29, 1.82) is 5.26 Å². The second-order valence-corrected chi connectivity index (χ2v) is 9.23. The Kier molecular flexibility index (Phi) is 5.81. The fourth-order valence-corrected chi connectivity index (χ4v) is 4.98. The fourth-order valence-electron chi connectivity index (χ4n) is 4.40. The van der Waals surface area contributed by atoms with Crippen molar-refractivity contribution in [3.63, 3.8) is 0 Å². The molecule has 5 heterocycles. The lowest BCUT2D eigenvalue weighted by atomic mass is 10.1. The van der Waals surface area contributed by atoms with Crippen molar-refractivity contribution in [3.8, 4) is 28.5 Å². The molecular weight excluding hydrogens is 509 g/mol. The second-order valence-electron chi connectivity index (χ2n) is 8.42. The standard InChI is InChI=1S/C27H17Cl2N7O/c28-21-2-1-3-22(29)25(21)26-24(15-37)36-7-5-23-20(27(36)34-26)9-17(11-32-23)18-12-33-35(14-18)13-16-4-6-31-19(8-16)10-30/h1-9,11-12,14,37H,13,15H2. The highest BCUT2D eigenvalue weighted by atomic mass is 35.5. The van der Waals surface area contributed by atoms with Crippen LogP contribution >= 0.6 is 23.2 Å². The van der Waals surface area contributed by atoms with E-state index in [1.807, 2.05) is 35.0 Å². The molecule has 0 atom stereocenters. The number of hydrogen-bond donors (Lipinski definition) is 1. The summed E-state index contributed by atoms with van der Waals surface area (Å²) in [5.41, 5.74) is 6.13. The van der Waals surface area contributed by atoms with Gasteiger partial charge in [0.2, 0.25) is 0 Å². The zero-order chi connectivity index (χ0) is 25.5. The van der Waals surface area contributed by atoms with Gasteiger partial charge in [-0.05, 0) is 42.0 Å². The Morgan fingerprint density at radius 2 is 1.84 bits per heavy atom. The number of halogens is 2. The first kappa shape index (κ1) is 23.1. The van der Waals surface area contributed by atoms with Crippen LogP contribution in [0.3, 0.4) is 0 Å². The molecule has 10 heteroatoms. The highest BCUT2D eigenvalue weighted by Gasteiger charge is 2.20. The summed E-state index contributed by atoms with van der Waals surface area (Å²) in [6, 6.07) is 14.8. The molecule has 0 bridgehead atoms. The third-order valence-electron chi connectivity index (χ3n) is 6.15. The minimum Gasteiger partial charge on any atom is -0.390 e. The number of hydrogen-bond acceptors (Lipinski definition) is 6. The van der Waals surface area contributed by atoms with Gasteiger partial charge in [-0.3, -0.25) is 9.67 Å². The number of benzene rings is 1. The zero-order valence-corrected chi connectivity index (χ0v) is 20.7. The molecule has 6 aromatic rings. The SMILES string of the molecule is N#Cc1cc(Cn2cc(-c3cnc4ccn5c(CO)c(-c6c(Cl)cccc6Cl)nc5c4c3)cn2)ccn1. The molecule has 6 rings (SSSR count). The minimum absolute atomic E-state index is 0.244. The molecule has 0 aliphatic rings. The van der Waals surface area contributed by atoms with E-state index in [1.54, 1.807) is 47.5 Å². The molecule has 0 saturated heterocycles. The summed E-state index contributed by atoms with van der Waals surface area (Å²) in [7, 11) is 0. The molecule has 0 radical (unpaired) electrons. The third kappa shape index (κ3) is 4.09. The smallest absolute Gasteiger partial charge is 0.147 e. The fraction of sp³-hybridized carbons (Fsp3) is 0.0741. The van der Waals surface area contributed by atoms with Gasteiger partial charge in [0.1, 0.15) is 17.4 Å². The number of nitriles is 1. The molecule has 0 amide bonds. The van der Waals surface area contributed by atoms with Gasteiger partial charge in [0.05, 0.1) is 46.3 Å². The van der Waals surface area contributed by atoms with Gasteiger partial charge in [0.15, 0.2) is 0 Å². The lowest BCUT2D eigenvalue weighted by Crippen LogP contribution is -2.00. The molecule has 180 valence electrons. The molecule has 0 spiro atoms. The van der Waals surface area contributed by atoms with Crippen molar-refractivity contribution in [2.45, 2.75) is 13.2 Å². The quantitative estimate of drug-likeness (QED) is 0.317. The first-order valence-corrected chi connectivity index (χ1v) is 12.0. The number of aromatic nitrogens is 6. The molecular formula is C27H17Cl2N7O. The Hall–Kier alpha value is -4.29. The van der Waals surface area contributed by atoms with Crippen molar-refractivity contribution in [1.82, 2.24) is 29.1 Å². The Bertz CT molecular complexity index is 1830. The largest absolute Gasteiger partial charge is 0.390 e. The van der Waals surface area contributed by atoms with Gasteiger partial charge in [-0.1, -0.05) is 29.3 Å². The van der Waals surface area contributed by atoms with E-state index in [4.69, 9.17) is 33.4 Å². The van der Waals surface area contributed by atoms with Crippen LogP contribution in [0.1, 0.15) is 17.0 Å². The van der Waals surface area contributed by atoms with Gasteiger partial charge < -0.3 is 9.51 Å². The molecule has 37 heavy (non-hydrogen) atoms. The average molecular weight is 526 g/mol. The zero-order valence-electron chi connectivity index (χ0n) is 19.2. The van der Waals surface area contributed by atoms with E-state index in [-0.39, 0.29) is 6.61 Å². The summed E-state index contributed by atoms with van der Waals surface area (Å²) < 4.78 is 3.63. The van der Waals surface area contributed by atoms with E-state index in [1.165, 1.54) is 0 Å². The summed E-state index contributed by atoms with van der Waals surface area (Å²) in [4.78, 5) is 13.5. The van der Waals surface area contributed by atoms with Crippen LogP contribution < -0.4 is 0 Å². The first-order valence-electron chi connectivity index (χ1n) is 11.3. The van der Waals surface area contributed by atoms with Gasteiger partial charge in [-0.25, -0.2) is 9.97 Å². The van der Waals surface area contributed by atoms with Crippen LogP contribution in [-0.4, -0.2) is 34.2 Å². The number of pyridine rings is 3. The van der Waals surface area contributed by atoms with E-state index in [9.17, 15) is 5.11 Å². The molecule has 0 aliphatic carbocycles. The van der Waals surface area contributed by atoms with Crippen LogP contribution in [0.15, 0.2) is 73.4 Å². The van der Waals surface area contributed by atoms with Crippen LogP contribution in [-0.2, 0) is 13.2 Å². The molecule has 0 unspecified atom stereocenters. The van der Waals surface area contributed by atoms with Crippen molar-refractivity contribution >= 4 is 39.8 Å². The maximum Gasteiger partial charge on any atom is 0.147 e. The summed E-state index contributed by atoms with van der Waals surface area (Å²) >= 11 is 12.9. The van der Waals surface area contributed by atoms with Gasteiger partial charge in [0, 0.05) is 46.9 Å². The Morgan fingerprint density at radius 3 is 2.62 bits per heavy atom. The highest BCUT2D eigenvalue weighted by Crippen LogP contribution is 2.37. The number of aliphatic hydroxyl groups is 1. The number of aliphatic hydroxyl groups excluding tert-OH is 1. The Labute approximate surface area is 221 Å². The summed E-state index contributed by atoms with van der Waals surface area (Å²) in [5, 5.41) is 25.5. The van der Waals surface area contributed by atoms with Crippen LogP contribution in [0.4, 0.5) is 0 Å². The van der Waals surface area contributed by atoms with Gasteiger partial charge >= 0.3 is 0 Å². The Balaban J connectivity index is 1.44. The maximum atomic E-state index is 10.2. The normalized spacial score (nSPS) is 11.3. The molecule has 0 aliphatic heterocycles. The van der Waals surface area contributed by atoms with E-state index >= 15 is 0 Å². The molecule has 1 aromatic carbocycles. The van der Waals surface area contributed by atoms with E-state index in [0.29, 0.717) is 44.9 Å². The lowest BCUT2D eigenvalue weighted by Gasteiger charge is -2.06. The molecule has 0 fully saturated rings. The monoisotopic (exact) mass is 525 g/mol. The third-order valence-corrected chi connectivity index (χ3v) is 6.78. The summed E-state index contributed by atoms with van der Waals surface area (Å²) in [6.45, 7) is 0.260. The minimum atomic E-state index is -0.244. The molecule has 5 aromatic heterocycles. The molecule has 0 saturated carbocycles. The predicted octanol–water partition coefficient (Wildman–Crippen LogP) is 5.53. The van der Waals surface area contributed by atoms with Gasteiger partial charge in [-0.2, -0.15) is 10.4 Å². The van der Waals surface area contributed by atoms with E-state index in [2.05, 4.69) is 21.1 Å². The summed E-state index contributed by atoms with van der Waals surface area (Å²) in [5.74, 6) is 0. The second kappa shape index (κ2) is 9.30. The van der Waals surface area contributed by atoms with Crippen LogP contribution in [0.5, 0.6) is 0 Å². The van der Waals surface area contributed by atoms with Gasteiger partial charge in [0.25, 0.3) is 0 Å². The number of rotatable bonds is 5. The summed E-state index contributed by atoms with van der Waals surface area (Å²) in [6.07, 6.45) is 8.94. The number of imidazole rings is 1. The van der Waals surface area contributed by atoms with Crippen molar-refractivity contribution in [3.05, 3.63) is 100 Å². The maximum absolute atomic E-state index is 10.2. The number of fused-ring (bicyclic) bond motifs is 3. The van der Waals surface area contributed by atoms with Crippen molar-refractivity contribution < 1.29 is 5.11 Å². The lowest BCUT2D eigenvalue weighted by molar-refractivity contribution is 0.276. The van der Waals surface area contributed by atoms with E-state index < -0.39 is 0 Å². The first-order chi connectivity index (χ1) is 18.1. The van der Waals surface area contributed by atoms with Crippen LogP contribution in [0, 0.1) is 11.3 Å². The molecule has 8 nitrogen and oxygen atoms in total. The Morgan fingerprint density at radius 1 is 1.00 bits per heavy atom. The van der Waals surface area contributed by atoms with Crippen LogP contribution in [0.25, 0.3) is 38.9 Å². The predicted molar refractivity (Wildman–Crippen MR) is 141 cm³/mol. The average Bonchev–Trinajstić information content (AvgIpc) is 3.53. The topological polar surface area (TPSA) is 105 Å². The number of nitrogens with zero attached hydrogens (tertiary/aromatic N) is 7.